The van der Waals surface area contributed by atoms with Crippen molar-refractivity contribution >= 4 is 5.91 Å². The first-order valence-electron chi connectivity index (χ1n) is 6.25. The van der Waals surface area contributed by atoms with Crippen LogP contribution in [0.25, 0.3) is 0 Å². The van der Waals surface area contributed by atoms with Gasteiger partial charge in [0.25, 0.3) is 0 Å². The van der Waals surface area contributed by atoms with Crippen molar-refractivity contribution < 1.29 is 18.0 Å². The Morgan fingerprint density at radius 3 is 2.24 bits per heavy atom. The summed E-state index contributed by atoms with van der Waals surface area (Å²) in [6.45, 7) is 2.16. The lowest BCUT2D eigenvalue weighted by molar-refractivity contribution is -0.152. The molecule has 2 saturated heterocycles. The van der Waals surface area contributed by atoms with Gasteiger partial charge < -0.3 is 4.90 Å². The molecule has 2 bridgehead atoms. The third-order valence-corrected chi connectivity index (χ3v) is 3.88. The molecule has 0 radical (unpaired) electrons. The van der Waals surface area contributed by atoms with Gasteiger partial charge in [-0.2, -0.15) is 13.2 Å². The molecule has 0 aromatic carbocycles. The maximum Gasteiger partial charge on any atom is 0.389 e. The van der Waals surface area contributed by atoms with E-state index < -0.39 is 12.6 Å². The molecular weight excluding hydrogens is 231 g/mol. The van der Waals surface area contributed by atoms with Gasteiger partial charge in [-0.05, 0) is 31.6 Å². The van der Waals surface area contributed by atoms with Crippen LogP contribution in [0.4, 0.5) is 13.2 Å². The molecule has 0 aliphatic carbocycles. The van der Waals surface area contributed by atoms with Gasteiger partial charge in [-0.15, -0.1) is 0 Å². The fourth-order valence-electron chi connectivity index (χ4n) is 3.23. The monoisotopic (exact) mass is 249 g/mol. The zero-order valence-corrected chi connectivity index (χ0v) is 9.96. The van der Waals surface area contributed by atoms with Crippen LogP contribution in [0.3, 0.4) is 0 Å². The van der Waals surface area contributed by atoms with Crippen LogP contribution >= 0.6 is 0 Å². The van der Waals surface area contributed by atoms with Crippen molar-refractivity contribution in [3.05, 3.63) is 0 Å². The second-order valence-corrected chi connectivity index (χ2v) is 5.38. The molecule has 2 fully saturated rings. The van der Waals surface area contributed by atoms with Gasteiger partial charge in [0, 0.05) is 18.5 Å². The summed E-state index contributed by atoms with van der Waals surface area (Å²) < 4.78 is 36.3. The summed E-state index contributed by atoms with van der Waals surface area (Å²) in [5.41, 5.74) is 0. The average Bonchev–Trinajstić information content (AvgIpc) is 2.47. The summed E-state index contributed by atoms with van der Waals surface area (Å²) >= 11 is 0. The quantitative estimate of drug-likeness (QED) is 0.736. The fraction of sp³-hybridized carbons (Fsp3) is 0.917. The second-order valence-electron chi connectivity index (χ2n) is 5.38. The van der Waals surface area contributed by atoms with Gasteiger partial charge >= 0.3 is 6.18 Å². The van der Waals surface area contributed by atoms with Crippen LogP contribution < -0.4 is 0 Å². The Kier molecular flexibility index (Phi) is 3.36. The lowest BCUT2D eigenvalue weighted by Gasteiger charge is -2.38. The largest absolute Gasteiger partial charge is 0.389 e. The van der Waals surface area contributed by atoms with Gasteiger partial charge in [-0.3, -0.25) is 4.79 Å². The van der Waals surface area contributed by atoms with Crippen molar-refractivity contribution in [2.75, 3.05) is 0 Å². The Balaban J connectivity index is 1.92. The molecule has 2 aliphatic rings. The first-order valence-corrected chi connectivity index (χ1v) is 6.25. The Hall–Kier alpha value is -0.740. The molecule has 17 heavy (non-hydrogen) atoms. The highest BCUT2D eigenvalue weighted by molar-refractivity contribution is 5.77. The van der Waals surface area contributed by atoms with Gasteiger partial charge in [0.15, 0.2) is 0 Å². The molecular formula is C12H18F3NO. The summed E-state index contributed by atoms with van der Waals surface area (Å²) in [4.78, 5) is 13.6. The Morgan fingerprint density at radius 2 is 1.76 bits per heavy atom. The summed E-state index contributed by atoms with van der Waals surface area (Å²) in [6.07, 6.45) is -1.76. The number of alkyl halides is 3. The Bertz CT molecular complexity index is 289. The van der Waals surface area contributed by atoms with Crippen molar-refractivity contribution in [3.63, 3.8) is 0 Å². The third-order valence-electron chi connectivity index (χ3n) is 3.88. The van der Waals surface area contributed by atoms with Crippen LogP contribution in [-0.4, -0.2) is 29.1 Å². The topological polar surface area (TPSA) is 20.3 Å². The predicted molar refractivity (Wildman–Crippen MR) is 57.3 cm³/mol. The van der Waals surface area contributed by atoms with E-state index in [1.807, 2.05) is 0 Å². The summed E-state index contributed by atoms with van der Waals surface area (Å²) in [5, 5.41) is 0. The van der Waals surface area contributed by atoms with Gasteiger partial charge in [-0.25, -0.2) is 0 Å². The molecule has 2 nitrogen and oxygen atoms in total. The van der Waals surface area contributed by atoms with E-state index >= 15 is 0 Å². The molecule has 0 aromatic rings. The van der Waals surface area contributed by atoms with E-state index in [2.05, 4.69) is 6.92 Å². The van der Waals surface area contributed by atoms with Gasteiger partial charge in [0.2, 0.25) is 5.91 Å². The SMILES string of the molecule is CC1C[C@H]2CC[C@@H](C1)N2C(=O)CCC(F)(F)F. The molecule has 3 atom stereocenters. The number of hydrogen-bond acceptors (Lipinski definition) is 1. The fourth-order valence-corrected chi connectivity index (χ4v) is 3.23. The molecule has 0 aromatic heterocycles. The number of carbonyl (C=O) groups is 1. The molecule has 5 heteroatoms. The molecule has 1 unspecified atom stereocenters. The maximum absolute atomic E-state index is 12.1. The number of fused-ring (bicyclic) bond motifs is 2. The molecule has 0 N–H and O–H groups in total. The highest BCUT2D eigenvalue weighted by Crippen LogP contribution is 2.39. The predicted octanol–water partition coefficient (Wildman–Crippen LogP) is 3.12. The number of halogens is 3. The summed E-state index contributed by atoms with van der Waals surface area (Å²) in [7, 11) is 0. The van der Waals surface area contributed by atoms with Crippen LogP contribution in [0.15, 0.2) is 0 Å². The van der Waals surface area contributed by atoms with E-state index in [4.69, 9.17) is 0 Å². The molecule has 98 valence electrons. The van der Waals surface area contributed by atoms with Gasteiger partial charge in [0.1, 0.15) is 0 Å². The lowest BCUT2D eigenvalue weighted by Crippen LogP contribution is -2.46. The minimum absolute atomic E-state index is 0.199. The first kappa shape index (κ1) is 12.7. The number of nitrogens with zero attached hydrogens (tertiary/aromatic N) is 1. The number of amides is 1. The highest BCUT2D eigenvalue weighted by Gasteiger charge is 2.42. The van der Waals surface area contributed by atoms with E-state index in [1.54, 1.807) is 4.90 Å². The first-order chi connectivity index (χ1) is 7.87. The number of carbonyl (C=O) groups excluding carboxylic acids is 1. The summed E-state index contributed by atoms with van der Waals surface area (Å²) in [5.74, 6) is 0.292. The molecule has 1 amide bonds. The molecule has 2 aliphatic heterocycles. The average molecular weight is 249 g/mol. The standard InChI is InChI=1S/C12H18F3NO/c1-8-6-9-2-3-10(7-8)16(9)11(17)4-5-12(13,14)15/h8-10H,2-7H2,1H3/t8?,9-,10+. The van der Waals surface area contributed by atoms with Crippen molar-refractivity contribution in [1.29, 1.82) is 0 Å². The van der Waals surface area contributed by atoms with Crippen LogP contribution in [0.5, 0.6) is 0 Å². The van der Waals surface area contributed by atoms with E-state index in [-0.39, 0.29) is 24.4 Å². The zero-order valence-electron chi connectivity index (χ0n) is 9.96. The van der Waals surface area contributed by atoms with Crippen molar-refractivity contribution in [2.45, 2.75) is 63.7 Å². The van der Waals surface area contributed by atoms with E-state index in [9.17, 15) is 18.0 Å². The second kappa shape index (κ2) is 4.50. The van der Waals surface area contributed by atoms with Crippen LogP contribution in [0.2, 0.25) is 0 Å². The van der Waals surface area contributed by atoms with E-state index in [1.165, 1.54) is 0 Å². The van der Waals surface area contributed by atoms with Gasteiger partial charge in [0.05, 0.1) is 6.42 Å². The third kappa shape index (κ3) is 2.93. The number of rotatable bonds is 2. The van der Waals surface area contributed by atoms with Crippen LogP contribution in [-0.2, 0) is 4.79 Å². The zero-order chi connectivity index (χ0) is 12.6. The summed E-state index contributed by atoms with van der Waals surface area (Å²) in [6, 6.07) is 0.397. The molecule has 0 spiro atoms. The molecule has 2 heterocycles. The Morgan fingerprint density at radius 1 is 1.24 bits per heavy atom. The highest BCUT2D eigenvalue weighted by atomic mass is 19.4. The van der Waals surface area contributed by atoms with E-state index in [0.29, 0.717) is 5.92 Å². The number of hydrogen-bond donors (Lipinski definition) is 0. The minimum Gasteiger partial charge on any atom is -0.337 e. The van der Waals surface area contributed by atoms with E-state index in [0.717, 1.165) is 25.7 Å². The van der Waals surface area contributed by atoms with Crippen LogP contribution in [0, 0.1) is 5.92 Å². The molecule has 2 rings (SSSR count). The minimum atomic E-state index is -4.22. The maximum atomic E-state index is 12.1. The lowest BCUT2D eigenvalue weighted by atomic mass is 9.92. The normalized spacial score (nSPS) is 32.9. The van der Waals surface area contributed by atoms with Crippen molar-refractivity contribution in [3.8, 4) is 0 Å². The van der Waals surface area contributed by atoms with Crippen molar-refractivity contribution in [1.82, 2.24) is 4.90 Å². The molecule has 0 saturated carbocycles. The smallest absolute Gasteiger partial charge is 0.337 e. The van der Waals surface area contributed by atoms with Gasteiger partial charge in [-0.1, -0.05) is 6.92 Å². The van der Waals surface area contributed by atoms with Crippen molar-refractivity contribution in [2.24, 2.45) is 5.92 Å². The number of piperidine rings is 1. The van der Waals surface area contributed by atoms with Crippen LogP contribution in [0.1, 0.15) is 45.4 Å². The Labute approximate surface area is 99.2 Å².